The number of rotatable bonds is 2. The van der Waals surface area contributed by atoms with Crippen molar-refractivity contribution >= 4 is 10.8 Å². The van der Waals surface area contributed by atoms with E-state index in [4.69, 9.17) is 0 Å². The van der Waals surface area contributed by atoms with E-state index in [0.29, 0.717) is 0 Å². The van der Waals surface area contributed by atoms with Crippen LogP contribution in [0.1, 0.15) is 25.7 Å². The molecule has 3 aliphatic rings. The van der Waals surface area contributed by atoms with Crippen LogP contribution in [0.4, 0.5) is 0 Å². The Balaban J connectivity index is 1.54. The van der Waals surface area contributed by atoms with E-state index in [1.54, 1.807) is 0 Å². The molecular formula is C13H24N2OS. The van der Waals surface area contributed by atoms with E-state index in [0.717, 1.165) is 29.4 Å². The monoisotopic (exact) mass is 256 g/mol. The van der Waals surface area contributed by atoms with Gasteiger partial charge in [-0.3, -0.25) is 4.21 Å². The van der Waals surface area contributed by atoms with Crippen molar-refractivity contribution in [3.8, 4) is 0 Å². The molecule has 1 unspecified atom stereocenters. The molecule has 0 aliphatic carbocycles. The van der Waals surface area contributed by atoms with Crippen molar-refractivity contribution in [2.45, 2.75) is 31.7 Å². The van der Waals surface area contributed by atoms with Crippen LogP contribution in [0.3, 0.4) is 0 Å². The van der Waals surface area contributed by atoms with Crippen molar-refractivity contribution in [3.05, 3.63) is 0 Å². The summed E-state index contributed by atoms with van der Waals surface area (Å²) < 4.78 is 11.4. The molecule has 1 N–H and O–H groups in total. The lowest BCUT2D eigenvalue weighted by Crippen LogP contribution is -2.53. The Morgan fingerprint density at radius 2 is 1.82 bits per heavy atom. The topological polar surface area (TPSA) is 32.3 Å². The van der Waals surface area contributed by atoms with E-state index in [2.05, 4.69) is 10.2 Å². The van der Waals surface area contributed by atoms with E-state index in [9.17, 15) is 4.21 Å². The molecule has 4 heteroatoms. The van der Waals surface area contributed by atoms with Gasteiger partial charge in [0.2, 0.25) is 0 Å². The molecule has 3 saturated heterocycles. The Morgan fingerprint density at radius 3 is 2.47 bits per heavy atom. The average molecular weight is 256 g/mol. The van der Waals surface area contributed by atoms with Gasteiger partial charge in [0.25, 0.3) is 0 Å². The molecule has 98 valence electrons. The first kappa shape index (κ1) is 12.1. The van der Waals surface area contributed by atoms with Crippen molar-refractivity contribution in [1.82, 2.24) is 10.2 Å². The van der Waals surface area contributed by atoms with Crippen LogP contribution in [0.2, 0.25) is 0 Å². The lowest BCUT2D eigenvalue weighted by molar-refractivity contribution is 0.0728. The van der Waals surface area contributed by atoms with E-state index in [1.807, 2.05) is 0 Å². The Labute approximate surface area is 107 Å². The van der Waals surface area contributed by atoms with Gasteiger partial charge in [-0.2, -0.15) is 0 Å². The van der Waals surface area contributed by atoms with Gasteiger partial charge < -0.3 is 10.2 Å². The van der Waals surface area contributed by atoms with Crippen molar-refractivity contribution < 1.29 is 4.21 Å². The summed E-state index contributed by atoms with van der Waals surface area (Å²) in [6.07, 6.45) is 5.15. The molecule has 0 amide bonds. The maximum Gasteiger partial charge on any atom is 0.0249 e. The average Bonchev–Trinajstić information content (AvgIpc) is 2.28. The Kier molecular flexibility index (Phi) is 3.83. The second kappa shape index (κ2) is 5.37. The van der Waals surface area contributed by atoms with Crippen LogP contribution in [-0.4, -0.2) is 52.8 Å². The van der Waals surface area contributed by atoms with E-state index >= 15 is 0 Å². The summed E-state index contributed by atoms with van der Waals surface area (Å²) in [5.74, 6) is 3.75. The standard InChI is InChI=1S/C13H24N2OS/c16-17-6-3-13(4-7-17)15-5-1-2-11(10-15)12-8-14-9-12/h11-14H,1-10H2. The normalized spacial score (nSPS) is 41.1. The van der Waals surface area contributed by atoms with Gasteiger partial charge in [0.15, 0.2) is 0 Å². The smallest absolute Gasteiger partial charge is 0.0249 e. The Morgan fingerprint density at radius 1 is 1.06 bits per heavy atom. The van der Waals surface area contributed by atoms with Crippen molar-refractivity contribution in [2.75, 3.05) is 37.7 Å². The predicted molar refractivity (Wildman–Crippen MR) is 71.6 cm³/mol. The molecule has 0 aromatic carbocycles. The zero-order valence-corrected chi connectivity index (χ0v) is 11.4. The van der Waals surface area contributed by atoms with Crippen LogP contribution in [0.15, 0.2) is 0 Å². The quantitative estimate of drug-likeness (QED) is 0.794. The molecule has 1 atom stereocenters. The molecule has 3 heterocycles. The predicted octanol–water partition coefficient (Wildman–Crippen LogP) is 0.829. The highest BCUT2D eigenvalue weighted by molar-refractivity contribution is 7.85. The van der Waals surface area contributed by atoms with Gasteiger partial charge >= 0.3 is 0 Å². The molecule has 0 radical (unpaired) electrons. The minimum absolute atomic E-state index is 0.510. The fourth-order valence-corrected chi connectivity index (χ4v) is 4.82. The summed E-state index contributed by atoms with van der Waals surface area (Å²) >= 11 is 0. The lowest BCUT2D eigenvalue weighted by Gasteiger charge is -2.44. The second-order valence-corrected chi connectivity index (χ2v) is 7.59. The molecule has 17 heavy (non-hydrogen) atoms. The van der Waals surface area contributed by atoms with Gasteiger partial charge in [0.05, 0.1) is 0 Å². The molecule has 0 aromatic rings. The van der Waals surface area contributed by atoms with Gasteiger partial charge in [-0.15, -0.1) is 0 Å². The maximum absolute atomic E-state index is 11.4. The van der Waals surface area contributed by atoms with Crippen molar-refractivity contribution in [2.24, 2.45) is 11.8 Å². The van der Waals surface area contributed by atoms with Crippen LogP contribution < -0.4 is 5.32 Å². The summed E-state index contributed by atoms with van der Waals surface area (Å²) in [6, 6.07) is 0.739. The summed E-state index contributed by atoms with van der Waals surface area (Å²) in [5, 5.41) is 3.40. The number of nitrogens with zero attached hydrogens (tertiary/aromatic N) is 1. The number of nitrogens with one attached hydrogen (secondary N) is 1. The number of piperidine rings is 1. The highest BCUT2D eigenvalue weighted by Crippen LogP contribution is 2.29. The van der Waals surface area contributed by atoms with Gasteiger partial charge in [-0.1, -0.05) is 0 Å². The summed E-state index contributed by atoms with van der Waals surface area (Å²) in [6.45, 7) is 5.08. The van der Waals surface area contributed by atoms with Gasteiger partial charge in [-0.25, -0.2) is 0 Å². The lowest BCUT2D eigenvalue weighted by atomic mass is 9.81. The molecule has 3 nitrogen and oxygen atoms in total. The largest absolute Gasteiger partial charge is 0.316 e. The second-order valence-electron chi connectivity index (χ2n) is 5.89. The SMILES string of the molecule is O=S1CCC(N2CCCC(C3CNC3)C2)CC1. The molecule has 3 aliphatic heterocycles. The minimum atomic E-state index is -0.510. The minimum Gasteiger partial charge on any atom is -0.316 e. The highest BCUT2D eigenvalue weighted by Gasteiger charge is 2.33. The summed E-state index contributed by atoms with van der Waals surface area (Å²) in [4.78, 5) is 2.71. The number of hydrogen-bond donors (Lipinski definition) is 1. The Bertz CT molecular complexity index is 283. The van der Waals surface area contributed by atoms with Crippen LogP contribution in [-0.2, 0) is 10.8 Å². The highest BCUT2D eigenvalue weighted by atomic mass is 32.2. The number of likely N-dealkylation sites (tertiary alicyclic amines) is 1. The van der Waals surface area contributed by atoms with E-state index in [1.165, 1.54) is 51.9 Å². The fraction of sp³-hybridized carbons (Fsp3) is 1.00. The summed E-state index contributed by atoms with van der Waals surface area (Å²) in [7, 11) is -0.510. The van der Waals surface area contributed by atoms with Crippen molar-refractivity contribution in [3.63, 3.8) is 0 Å². The molecule has 0 saturated carbocycles. The first-order valence-electron chi connectivity index (χ1n) is 7.12. The van der Waals surface area contributed by atoms with Crippen LogP contribution >= 0.6 is 0 Å². The maximum atomic E-state index is 11.4. The third-order valence-electron chi connectivity index (χ3n) is 4.84. The first-order chi connectivity index (χ1) is 8.33. The van der Waals surface area contributed by atoms with Gasteiger partial charge in [-0.05, 0) is 57.2 Å². The molecule has 0 aromatic heterocycles. The van der Waals surface area contributed by atoms with E-state index in [-0.39, 0.29) is 0 Å². The molecule has 0 bridgehead atoms. The fourth-order valence-electron chi connectivity index (χ4n) is 3.55. The third-order valence-corrected chi connectivity index (χ3v) is 6.22. The first-order valence-corrected chi connectivity index (χ1v) is 8.61. The van der Waals surface area contributed by atoms with E-state index < -0.39 is 10.8 Å². The van der Waals surface area contributed by atoms with Gasteiger partial charge in [0, 0.05) is 34.9 Å². The molecule has 3 rings (SSSR count). The van der Waals surface area contributed by atoms with Crippen LogP contribution in [0, 0.1) is 11.8 Å². The summed E-state index contributed by atoms with van der Waals surface area (Å²) in [5.41, 5.74) is 0. The Hall–Kier alpha value is 0.0700. The van der Waals surface area contributed by atoms with Gasteiger partial charge in [0.1, 0.15) is 0 Å². The van der Waals surface area contributed by atoms with Crippen LogP contribution in [0.5, 0.6) is 0 Å². The zero-order chi connectivity index (χ0) is 11.7. The molecule has 3 fully saturated rings. The molecule has 0 spiro atoms. The zero-order valence-electron chi connectivity index (χ0n) is 10.6. The molecular weight excluding hydrogens is 232 g/mol. The van der Waals surface area contributed by atoms with Crippen molar-refractivity contribution in [1.29, 1.82) is 0 Å². The number of hydrogen-bond acceptors (Lipinski definition) is 3. The van der Waals surface area contributed by atoms with Crippen LogP contribution in [0.25, 0.3) is 0 Å². The third kappa shape index (κ3) is 2.74.